The van der Waals surface area contributed by atoms with Crippen LogP contribution >= 0.6 is 11.6 Å². The van der Waals surface area contributed by atoms with E-state index in [4.69, 9.17) is 54.3 Å². The lowest BCUT2D eigenvalue weighted by Gasteiger charge is -2.49. The predicted octanol–water partition coefficient (Wildman–Crippen LogP) is 6.07. The predicted molar refractivity (Wildman–Crippen MR) is 301 cm³/mol. The van der Waals surface area contributed by atoms with Crippen molar-refractivity contribution in [2.45, 2.75) is 224 Å². The highest BCUT2D eigenvalue weighted by atomic mass is 35.5. The van der Waals surface area contributed by atoms with Crippen molar-refractivity contribution in [2.75, 3.05) is 46.3 Å². The zero-order valence-electron chi connectivity index (χ0n) is 49.9. The van der Waals surface area contributed by atoms with Crippen LogP contribution in [0.25, 0.3) is 10.9 Å². The van der Waals surface area contributed by atoms with Gasteiger partial charge in [-0.25, -0.2) is 4.79 Å². The van der Waals surface area contributed by atoms with Gasteiger partial charge in [0.1, 0.15) is 35.1 Å². The molecule has 4 heterocycles. The Bertz CT molecular complexity index is 2570. The second-order valence-electron chi connectivity index (χ2n) is 24.2. The summed E-state index contributed by atoms with van der Waals surface area (Å²) in [5.74, 6) is -6.24. The van der Waals surface area contributed by atoms with Crippen molar-refractivity contribution in [1.82, 2.24) is 9.47 Å². The van der Waals surface area contributed by atoms with Crippen LogP contribution < -0.4 is 10.7 Å². The van der Waals surface area contributed by atoms with E-state index in [1.165, 1.54) is 20.2 Å². The molecule has 3 saturated heterocycles. The van der Waals surface area contributed by atoms with Gasteiger partial charge in [0.05, 0.1) is 83.6 Å². The van der Waals surface area contributed by atoms with E-state index in [0.29, 0.717) is 28.4 Å². The van der Waals surface area contributed by atoms with Crippen molar-refractivity contribution in [3.8, 4) is 0 Å². The number of esters is 2. The molecule has 0 radical (unpaired) electrons. The quantitative estimate of drug-likeness (QED) is 0.0529. The number of carboxylic acid groups (broad SMARTS) is 1. The average molecular weight is 1170 g/mol. The number of hydrogen-bond donors (Lipinski definition) is 6. The number of aromatic carboxylic acids is 1. The van der Waals surface area contributed by atoms with E-state index in [2.05, 4.69) is 10.5 Å². The van der Waals surface area contributed by atoms with Gasteiger partial charge in [0, 0.05) is 61.5 Å². The van der Waals surface area contributed by atoms with Gasteiger partial charge in [0.15, 0.2) is 18.7 Å². The van der Waals surface area contributed by atoms with E-state index in [0.717, 1.165) is 12.8 Å². The smallest absolute Gasteiger partial charge is 0.341 e. The molecule has 23 heteroatoms. The molecule has 22 nitrogen and oxygen atoms in total. The molecule has 4 fully saturated rings. The molecule has 3 aliphatic heterocycles. The molecule has 18 atom stereocenters. The SMILES string of the molecule is CC[C@H]1OC(=O)[C@H](C)[C@@H](O[C@H]2C[C@@](C)(OC)[C@@H](OC(=O)CCOCCNc3cc4c(=O)c(C(=O)O)cn(C5CC5)c4cc3Cl)[C@H](C)O2)[C@H](C)[C@@H](O[C@@H]2O[C@H](C)C[C@H](N(C)C)[C@H]2O)[C@](C)(O)C[C@@H](C)/C(=N\OC(C)C)[C@H](C)[C@@H](O)[C@]1(C)O. The number of likely N-dealkylation sites (N-methyl/N-ethyl adjacent to an activating group) is 1. The Morgan fingerprint density at radius 3 is 2.25 bits per heavy atom. The van der Waals surface area contributed by atoms with Gasteiger partial charge >= 0.3 is 17.9 Å². The molecule has 1 saturated carbocycles. The summed E-state index contributed by atoms with van der Waals surface area (Å²) in [5, 5.41) is 66.8. The van der Waals surface area contributed by atoms with Gasteiger partial charge in [-0.3, -0.25) is 14.4 Å². The zero-order valence-corrected chi connectivity index (χ0v) is 50.6. The monoisotopic (exact) mass is 1170 g/mol. The second-order valence-corrected chi connectivity index (χ2v) is 24.6. The molecule has 0 bridgehead atoms. The molecule has 1 aromatic heterocycles. The highest BCUT2D eigenvalue weighted by molar-refractivity contribution is 6.34. The topological polar surface area (TPSA) is 285 Å². The summed E-state index contributed by atoms with van der Waals surface area (Å²) in [4.78, 5) is 60.9. The van der Waals surface area contributed by atoms with Crippen molar-refractivity contribution in [1.29, 1.82) is 0 Å². The highest BCUT2D eigenvalue weighted by Crippen LogP contribution is 2.43. The van der Waals surface area contributed by atoms with Crippen molar-refractivity contribution >= 4 is 51.8 Å². The van der Waals surface area contributed by atoms with Gasteiger partial charge in [0.2, 0.25) is 5.43 Å². The number of hydrogen-bond acceptors (Lipinski definition) is 20. The molecule has 0 amide bonds. The third kappa shape index (κ3) is 15.5. The maximum absolute atomic E-state index is 14.7. The number of anilines is 1. The Balaban J connectivity index is 1.20. The summed E-state index contributed by atoms with van der Waals surface area (Å²) >= 11 is 6.62. The number of ether oxygens (including phenoxy) is 8. The molecule has 0 unspecified atom stereocenters. The van der Waals surface area contributed by atoms with Crippen molar-refractivity contribution in [3.05, 3.63) is 39.1 Å². The maximum atomic E-state index is 14.7. The second kappa shape index (κ2) is 27.3. The van der Waals surface area contributed by atoms with Crippen LogP contribution in [0.4, 0.5) is 5.69 Å². The number of nitrogens with zero attached hydrogens (tertiary/aromatic N) is 3. The van der Waals surface area contributed by atoms with Crippen LogP contribution in [0.5, 0.6) is 0 Å². The molecule has 6 N–H and O–H groups in total. The number of carbonyl (C=O) groups is 3. The third-order valence-corrected chi connectivity index (χ3v) is 17.1. The molecule has 1 aliphatic carbocycles. The number of aliphatic hydroxyl groups excluding tert-OH is 2. The number of rotatable bonds is 19. The molecule has 6 rings (SSSR count). The van der Waals surface area contributed by atoms with Gasteiger partial charge in [-0.1, -0.05) is 44.5 Å². The number of carboxylic acids is 1. The molecule has 2 aromatic rings. The summed E-state index contributed by atoms with van der Waals surface area (Å²) in [6.45, 7) is 20.9. The lowest BCUT2D eigenvalue weighted by Crippen LogP contribution is -2.61. The van der Waals surface area contributed by atoms with E-state index in [9.17, 15) is 44.7 Å². The number of aliphatic hydroxyl groups is 4. The van der Waals surface area contributed by atoms with E-state index in [1.54, 1.807) is 79.0 Å². The van der Waals surface area contributed by atoms with Gasteiger partial charge < -0.3 is 83.0 Å². The average Bonchev–Trinajstić information content (AvgIpc) is 4.42. The first-order valence-corrected chi connectivity index (χ1v) is 29.0. The maximum Gasteiger partial charge on any atom is 0.341 e. The van der Waals surface area contributed by atoms with Gasteiger partial charge in [0.25, 0.3) is 0 Å². The molecular weight excluding hydrogens is 1080 g/mol. The number of aromatic nitrogens is 1. The normalized spacial score (nSPS) is 37.0. The molecule has 458 valence electrons. The first-order valence-electron chi connectivity index (χ1n) is 28.6. The van der Waals surface area contributed by atoms with E-state index >= 15 is 0 Å². The molecular formula is C58H91ClN4O18. The summed E-state index contributed by atoms with van der Waals surface area (Å²) < 4.78 is 52.4. The fourth-order valence-electron chi connectivity index (χ4n) is 12.0. The number of methoxy groups -OCH3 is 1. The van der Waals surface area contributed by atoms with Crippen LogP contribution in [0.1, 0.15) is 144 Å². The number of carbonyl (C=O) groups excluding carboxylic acids is 2. The Morgan fingerprint density at radius 2 is 1.64 bits per heavy atom. The minimum atomic E-state index is -2.00. The van der Waals surface area contributed by atoms with Gasteiger partial charge in [-0.05, 0) is 114 Å². The van der Waals surface area contributed by atoms with E-state index in [-0.39, 0.29) is 80.7 Å². The zero-order chi connectivity index (χ0) is 60.2. The van der Waals surface area contributed by atoms with E-state index in [1.807, 2.05) is 32.8 Å². The molecule has 0 spiro atoms. The lowest BCUT2D eigenvalue weighted by molar-refractivity contribution is -0.318. The standard InChI is InChI=1S/C58H91ClN4O18/c1-16-43-58(12,72)50(67)32(6)46(61-81-29(2)3)30(4)26-56(10,71)51(80-55-48(66)42(62(13)14)23-31(5)75-55)33(7)49(34(8)54(70)77-43)79-45-27-57(11,73-15)52(35(9)76-45)78-44(64)19-21-74-22-20-60-40-24-37-41(25-39(40)59)63(36-17-18-36)28-38(47(37)65)53(68)69/h24-25,28-36,42-43,45,48-52,55,60,66-67,71-72H,16-23,26-27H2,1-15H3,(H,68,69)/b61-46+/t30-,31-,32+,33+,34-,35+,42+,43-,45+,48-,49+,50-,51-,52+,55+,56-,57-,58-/m1/s1. The summed E-state index contributed by atoms with van der Waals surface area (Å²) in [5.41, 5.74) is -4.64. The van der Waals surface area contributed by atoms with Crippen LogP contribution in [0.2, 0.25) is 5.02 Å². The number of nitrogens with one attached hydrogen (secondary N) is 1. The molecule has 1 aromatic carbocycles. The Labute approximate surface area is 481 Å². The molecule has 4 aliphatic rings. The number of halogens is 1. The number of benzene rings is 1. The highest BCUT2D eigenvalue weighted by Gasteiger charge is 2.54. The van der Waals surface area contributed by atoms with Crippen LogP contribution in [-0.4, -0.2) is 190 Å². The number of cyclic esters (lactones) is 1. The minimum absolute atomic E-state index is 0.0133. The van der Waals surface area contributed by atoms with Crippen molar-refractivity contribution in [2.24, 2.45) is 28.8 Å². The molecule has 81 heavy (non-hydrogen) atoms. The fraction of sp³-hybridized carbons (Fsp3) is 0.776. The van der Waals surface area contributed by atoms with Crippen LogP contribution in [-0.2, 0) is 52.3 Å². The summed E-state index contributed by atoms with van der Waals surface area (Å²) in [7, 11) is 5.17. The van der Waals surface area contributed by atoms with Gasteiger partial charge in [-0.15, -0.1) is 0 Å². The van der Waals surface area contributed by atoms with Crippen LogP contribution in [0, 0.1) is 23.7 Å². The Hall–Kier alpha value is -4.04. The third-order valence-electron chi connectivity index (χ3n) is 16.7. The van der Waals surface area contributed by atoms with Crippen molar-refractivity contribution < 1.29 is 82.6 Å². The van der Waals surface area contributed by atoms with Crippen LogP contribution in [0.3, 0.4) is 0 Å². The Morgan fingerprint density at radius 1 is 0.963 bits per heavy atom. The fourth-order valence-corrected chi connectivity index (χ4v) is 12.2. The minimum Gasteiger partial charge on any atom is -0.477 e. The Kier molecular flexibility index (Phi) is 22.3. The van der Waals surface area contributed by atoms with Gasteiger partial charge in [-0.2, -0.15) is 0 Å². The van der Waals surface area contributed by atoms with E-state index < -0.39 is 119 Å². The summed E-state index contributed by atoms with van der Waals surface area (Å²) in [6.07, 6.45) is -7.64. The van der Waals surface area contributed by atoms with Crippen LogP contribution in [0.15, 0.2) is 28.3 Å². The number of pyridine rings is 1. The summed E-state index contributed by atoms with van der Waals surface area (Å²) in [6, 6.07) is 2.92. The first kappa shape index (κ1) is 66.1. The first-order chi connectivity index (χ1) is 37.9. The van der Waals surface area contributed by atoms with Crippen molar-refractivity contribution in [3.63, 3.8) is 0 Å². The number of oxime groups is 1. The lowest BCUT2D eigenvalue weighted by atomic mass is 9.73. The number of fused-ring (bicyclic) bond motifs is 1. The largest absolute Gasteiger partial charge is 0.477 e.